The predicted molar refractivity (Wildman–Crippen MR) is 67.8 cm³/mol. The van der Waals surface area contributed by atoms with Crippen molar-refractivity contribution >= 4 is 11.9 Å². The smallest absolute Gasteiger partial charge is 0.326 e. The first-order chi connectivity index (χ1) is 8.56. The second-order valence-corrected chi connectivity index (χ2v) is 4.08. The van der Waals surface area contributed by atoms with Crippen molar-refractivity contribution < 1.29 is 14.7 Å². The molecule has 0 aliphatic heterocycles. The maximum absolute atomic E-state index is 11.8. The Balaban J connectivity index is 2.67. The van der Waals surface area contributed by atoms with Crippen LogP contribution in [0.3, 0.4) is 0 Å². The zero-order chi connectivity index (χ0) is 13.5. The lowest BCUT2D eigenvalue weighted by Crippen LogP contribution is -2.44. The van der Waals surface area contributed by atoms with Gasteiger partial charge in [-0.1, -0.05) is 43.7 Å². The third-order valence-electron chi connectivity index (χ3n) is 2.63. The van der Waals surface area contributed by atoms with Crippen molar-refractivity contribution in [3.05, 3.63) is 35.9 Å². The Labute approximate surface area is 106 Å². The number of rotatable bonds is 6. The zero-order valence-corrected chi connectivity index (χ0v) is 10.3. The summed E-state index contributed by atoms with van der Waals surface area (Å²) in [6.45, 7) is 1.86. The summed E-state index contributed by atoms with van der Waals surface area (Å²) in [6.07, 6.45) is 1.07. The van der Waals surface area contributed by atoms with Gasteiger partial charge in [0.2, 0.25) is 5.91 Å². The number of benzene rings is 1. The van der Waals surface area contributed by atoms with Crippen LogP contribution in [-0.4, -0.2) is 23.0 Å². The van der Waals surface area contributed by atoms with Crippen molar-refractivity contribution in [3.8, 4) is 0 Å². The molecule has 4 N–H and O–H groups in total. The molecule has 0 heterocycles. The van der Waals surface area contributed by atoms with Gasteiger partial charge in [-0.05, 0) is 12.0 Å². The van der Waals surface area contributed by atoms with Crippen LogP contribution in [0.4, 0.5) is 0 Å². The van der Waals surface area contributed by atoms with Gasteiger partial charge in [0.1, 0.15) is 12.1 Å². The monoisotopic (exact) mass is 250 g/mol. The molecule has 18 heavy (non-hydrogen) atoms. The molecule has 1 rings (SSSR count). The average Bonchev–Trinajstić information content (AvgIpc) is 2.38. The number of nitrogens with one attached hydrogen (secondary N) is 1. The Morgan fingerprint density at radius 1 is 1.33 bits per heavy atom. The largest absolute Gasteiger partial charge is 0.480 e. The van der Waals surface area contributed by atoms with Gasteiger partial charge in [0.05, 0.1) is 0 Å². The molecule has 98 valence electrons. The quantitative estimate of drug-likeness (QED) is 0.703. The number of hydrogen-bond donors (Lipinski definition) is 3. The fraction of sp³-hybridized carbons (Fsp3) is 0.385. The normalized spacial score (nSPS) is 13.7. The van der Waals surface area contributed by atoms with E-state index in [0.29, 0.717) is 18.4 Å². The summed E-state index contributed by atoms with van der Waals surface area (Å²) >= 11 is 0. The van der Waals surface area contributed by atoms with E-state index >= 15 is 0 Å². The Morgan fingerprint density at radius 3 is 2.44 bits per heavy atom. The first-order valence-electron chi connectivity index (χ1n) is 5.90. The minimum Gasteiger partial charge on any atom is -0.480 e. The van der Waals surface area contributed by atoms with Crippen LogP contribution in [0.15, 0.2) is 30.3 Å². The van der Waals surface area contributed by atoms with E-state index in [1.165, 1.54) is 0 Å². The zero-order valence-electron chi connectivity index (χ0n) is 10.3. The fourth-order valence-electron chi connectivity index (χ4n) is 1.62. The third kappa shape index (κ3) is 3.85. The number of amides is 1. The molecule has 0 aliphatic rings. The minimum atomic E-state index is -1.04. The van der Waals surface area contributed by atoms with E-state index in [0.717, 1.165) is 0 Å². The first-order valence-corrected chi connectivity index (χ1v) is 5.90. The Hall–Kier alpha value is -1.88. The number of carboxylic acids is 1. The van der Waals surface area contributed by atoms with E-state index in [4.69, 9.17) is 10.8 Å². The van der Waals surface area contributed by atoms with Crippen LogP contribution in [0.2, 0.25) is 0 Å². The van der Waals surface area contributed by atoms with Gasteiger partial charge >= 0.3 is 5.97 Å². The van der Waals surface area contributed by atoms with E-state index in [2.05, 4.69) is 5.32 Å². The molecule has 0 radical (unpaired) electrons. The van der Waals surface area contributed by atoms with Crippen molar-refractivity contribution in [2.24, 2.45) is 5.73 Å². The summed E-state index contributed by atoms with van der Waals surface area (Å²) in [5.41, 5.74) is 6.44. The molecular formula is C13H18N2O3. The second-order valence-electron chi connectivity index (χ2n) is 4.08. The molecule has 0 spiro atoms. The molecule has 0 fully saturated rings. The summed E-state index contributed by atoms with van der Waals surface area (Å²) < 4.78 is 0. The van der Waals surface area contributed by atoms with Crippen LogP contribution >= 0.6 is 0 Å². The fourth-order valence-corrected chi connectivity index (χ4v) is 1.62. The van der Waals surface area contributed by atoms with Gasteiger partial charge < -0.3 is 16.2 Å². The highest BCUT2D eigenvalue weighted by atomic mass is 16.4. The number of aliphatic carboxylic acids is 1. The third-order valence-corrected chi connectivity index (χ3v) is 2.63. The molecule has 0 aliphatic carbocycles. The van der Waals surface area contributed by atoms with Crippen LogP contribution in [-0.2, 0) is 9.59 Å². The Morgan fingerprint density at radius 2 is 1.94 bits per heavy atom. The number of carboxylic acid groups (broad SMARTS) is 1. The summed E-state index contributed by atoms with van der Waals surface area (Å²) in [5, 5.41) is 11.4. The molecule has 0 aromatic heterocycles. The summed E-state index contributed by atoms with van der Waals surface area (Å²) in [5.74, 6) is -1.51. The maximum atomic E-state index is 11.8. The van der Waals surface area contributed by atoms with E-state index in [1.54, 1.807) is 24.3 Å². The molecule has 1 amide bonds. The standard InChI is InChI=1S/C13H18N2O3/c1-2-6-10(13(17)18)15-12(16)11(14)9-7-4-3-5-8-9/h3-5,7-8,10-11H,2,6,14H2,1H3,(H,15,16)(H,17,18)/t10-,11+/m1/s1. The molecule has 1 aromatic rings. The topological polar surface area (TPSA) is 92.4 Å². The number of nitrogens with two attached hydrogens (primary N) is 1. The molecular weight excluding hydrogens is 232 g/mol. The highest BCUT2D eigenvalue weighted by Crippen LogP contribution is 2.10. The molecule has 5 nitrogen and oxygen atoms in total. The van der Waals surface area contributed by atoms with Crippen molar-refractivity contribution in [2.45, 2.75) is 31.8 Å². The van der Waals surface area contributed by atoms with E-state index in [9.17, 15) is 9.59 Å². The van der Waals surface area contributed by atoms with E-state index < -0.39 is 24.0 Å². The van der Waals surface area contributed by atoms with Crippen LogP contribution in [0.25, 0.3) is 0 Å². The Kier molecular flexibility index (Phi) is 5.32. The van der Waals surface area contributed by atoms with Gasteiger partial charge in [-0.2, -0.15) is 0 Å². The van der Waals surface area contributed by atoms with Gasteiger partial charge in [-0.25, -0.2) is 4.79 Å². The lowest BCUT2D eigenvalue weighted by molar-refractivity contribution is -0.142. The van der Waals surface area contributed by atoms with Crippen LogP contribution < -0.4 is 11.1 Å². The van der Waals surface area contributed by atoms with Gasteiger partial charge in [-0.15, -0.1) is 0 Å². The van der Waals surface area contributed by atoms with Gasteiger partial charge in [-0.3, -0.25) is 4.79 Å². The van der Waals surface area contributed by atoms with Crippen molar-refractivity contribution in [2.75, 3.05) is 0 Å². The highest BCUT2D eigenvalue weighted by Gasteiger charge is 2.23. The molecule has 1 aromatic carbocycles. The maximum Gasteiger partial charge on any atom is 0.326 e. The summed E-state index contributed by atoms with van der Waals surface area (Å²) in [6, 6.07) is 7.14. The van der Waals surface area contributed by atoms with Crippen molar-refractivity contribution in [1.82, 2.24) is 5.32 Å². The van der Waals surface area contributed by atoms with E-state index in [-0.39, 0.29) is 0 Å². The second kappa shape index (κ2) is 6.76. The molecule has 5 heteroatoms. The average molecular weight is 250 g/mol. The van der Waals surface area contributed by atoms with Crippen molar-refractivity contribution in [1.29, 1.82) is 0 Å². The molecule has 2 atom stereocenters. The van der Waals surface area contributed by atoms with Gasteiger partial charge in [0.25, 0.3) is 0 Å². The first kappa shape index (κ1) is 14.2. The number of carbonyl (C=O) groups excluding carboxylic acids is 1. The molecule has 0 saturated heterocycles. The summed E-state index contributed by atoms with van der Waals surface area (Å²) in [7, 11) is 0. The lowest BCUT2D eigenvalue weighted by atomic mass is 10.1. The SMILES string of the molecule is CCC[C@@H](NC(=O)[C@@H](N)c1ccccc1)C(=O)O. The van der Waals surface area contributed by atoms with Crippen LogP contribution in [0.1, 0.15) is 31.4 Å². The van der Waals surface area contributed by atoms with E-state index in [1.807, 2.05) is 13.0 Å². The molecule has 0 bridgehead atoms. The lowest BCUT2D eigenvalue weighted by Gasteiger charge is -2.17. The summed E-state index contributed by atoms with van der Waals surface area (Å²) in [4.78, 5) is 22.8. The Bertz CT molecular complexity index is 406. The number of hydrogen-bond acceptors (Lipinski definition) is 3. The minimum absolute atomic E-state index is 0.391. The van der Waals surface area contributed by atoms with Crippen LogP contribution in [0.5, 0.6) is 0 Å². The molecule has 0 saturated carbocycles. The van der Waals surface area contributed by atoms with Gasteiger partial charge in [0.15, 0.2) is 0 Å². The molecule has 0 unspecified atom stereocenters. The van der Waals surface area contributed by atoms with Crippen LogP contribution in [0, 0.1) is 0 Å². The highest BCUT2D eigenvalue weighted by molar-refractivity contribution is 5.87. The van der Waals surface area contributed by atoms with Crippen molar-refractivity contribution in [3.63, 3.8) is 0 Å². The van der Waals surface area contributed by atoms with Gasteiger partial charge in [0, 0.05) is 0 Å². The predicted octanol–water partition coefficient (Wildman–Crippen LogP) is 1.06. The number of carbonyl (C=O) groups is 2.